The quantitative estimate of drug-likeness (QED) is 0.681. The molecule has 0 aliphatic carbocycles. The van der Waals surface area contributed by atoms with Gasteiger partial charge < -0.3 is 10.1 Å². The maximum atomic E-state index is 12.7. The lowest BCUT2D eigenvalue weighted by molar-refractivity contribution is -0.123. The molecule has 0 unspecified atom stereocenters. The monoisotopic (exact) mass is 466 g/mol. The van der Waals surface area contributed by atoms with E-state index in [1.54, 1.807) is 11.4 Å². The summed E-state index contributed by atoms with van der Waals surface area (Å²) in [4.78, 5) is 11.8. The van der Waals surface area contributed by atoms with E-state index < -0.39 is 28.7 Å². The number of methoxy groups -OCH3 is 1. The molecule has 0 fully saturated rings. The van der Waals surface area contributed by atoms with E-state index in [9.17, 15) is 26.4 Å². The molecule has 2 aromatic carbocycles. The van der Waals surface area contributed by atoms with Gasteiger partial charge in [0.05, 0.1) is 18.4 Å². The van der Waals surface area contributed by atoms with Crippen molar-refractivity contribution in [3.05, 3.63) is 52.5 Å². The van der Waals surface area contributed by atoms with E-state index in [-0.39, 0.29) is 21.9 Å². The second-order valence-corrected chi connectivity index (χ2v) is 7.81. The minimum Gasteiger partial charge on any atom is -0.495 e. The van der Waals surface area contributed by atoms with Crippen LogP contribution in [0.2, 0.25) is 0 Å². The summed E-state index contributed by atoms with van der Waals surface area (Å²) in [5.74, 6) is -1.00. The molecule has 0 saturated carbocycles. The maximum absolute atomic E-state index is 12.7. The molecule has 27 heavy (non-hydrogen) atoms. The zero-order chi connectivity index (χ0) is 20.2. The summed E-state index contributed by atoms with van der Waals surface area (Å²) in [6.45, 7) is -1.54. The van der Waals surface area contributed by atoms with E-state index >= 15 is 0 Å². The van der Waals surface area contributed by atoms with Gasteiger partial charge in [0.2, 0.25) is 0 Å². The Balaban J connectivity index is 2.35. The Bertz CT molecular complexity index is 949. The SMILES string of the molecule is COc1ccc(Br)cc1S(=O)(=O)Nc1ccccc1C(=O)NCC(F)(F)F. The number of para-hydroxylation sites is 1. The molecule has 0 bridgehead atoms. The third-order valence-corrected chi connectivity index (χ3v) is 5.16. The number of amides is 1. The summed E-state index contributed by atoms with van der Waals surface area (Å²) >= 11 is 3.16. The Hall–Kier alpha value is -2.27. The van der Waals surface area contributed by atoms with Crippen molar-refractivity contribution in [3.8, 4) is 5.75 Å². The molecule has 0 radical (unpaired) electrons. The van der Waals surface area contributed by atoms with Crippen LogP contribution in [-0.2, 0) is 10.0 Å². The minimum atomic E-state index is -4.59. The van der Waals surface area contributed by atoms with Gasteiger partial charge in [-0.15, -0.1) is 0 Å². The highest BCUT2D eigenvalue weighted by Crippen LogP contribution is 2.29. The van der Waals surface area contributed by atoms with Crippen LogP contribution in [0.25, 0.3) is 0 Å². The third kappa shape index (κ3) is 5.60. The van der Waals surface area contributed by atoms with Crippen molar-refractivity contribution in [2.75, 3.05) is 18.4 Å². The summed E-state index contributed by atoms with van der Waals surface area (Å²) in [6, 6.07) is 9.63. The lowest BCUT2D eigenvalue weighted by Gasteiger charge is -2.15. The van der Waals surface area contributed by atoms with Crippen molar-refractivity contribution >= 4 is 37.5 Å². The minimum absolute atomic E-state index is 0.0599. The molecule has 0 aliphatic heterocycles. The number of hydrogen-bond acceptors (Lipinski definition) is 4. The molecule has 0 aliphatic rings. The van der Waals surface area contributed by atoms with Crippen LogP contribution in [0.5, 0.6) is 5.75 Å². The van der Waals surface area contributed by atoms with Gasteiger partial charge in [0.1, 0.15) is 17.2 Å². The number of halogens is 4. The molecule has 0 spiro atoms. The van der Waals surface area contributed by atoms with Crippen molar-refractivity contribution in [3.63, 3.8) is 0 Å². The van der Waals surface area contributed by atoms with Crippen molar-refractivity contribution in [2.24, 2.45) is 0 Å². The Kier molecular flexibility index (Phi) is 6.37. The fourth-order valence-electron chi connectivity index (χ4n) is 2.11. The number of sulfonamides is 1. The standard InChI is InChI=1S/C16H14BrF3N2O4S/c1-26-13-7-6-10(17)8-14(13)27(24,25)22-12-5-3-2-4-11(12)15(23)21-9-16(18,19)20/h2-8,22H,9H2,1H3,(H,21,23). The highest BCUT2D eigenvalue weighted by atomic mass is 79.9. The number of carbonyl (C=O) groups is 1. The number of benzene rings is 2. The van der Waals surface area contributed by atoms with E-state index in [4.69, 9.17) is 4.74 Å². The highest BCUT2D eigenvalue weighted by Gasteiger charge is 2.29. The first-order valence-electron chi connectivity index (χ1n) is 7.34. The summed E-state index contributed by atoms with van der Waals surface area (Å²) in [7, 11) is -2.89. The fraction of sp³-hybridized carbons (Fsp3) is 0.188. The summed E-state index contributed by atoms with van der Waals surface area (Å²) in [5.41, 5.74) is -0.418. The molecule has 1 amide bonds. The van der Waals surface area contributed by atoms with Crippen LogP contribution in [0.4, 0.5) is 18.9 Å². The third-order valence-electron chi connectivity index (χ3n) is 3.28. The second kappa shape index (κ2) is 8.17. The number of ether oxygens (including phenoxy) is 1. The summed E-state index contributed by atoms with van der Waals surface area (Å²) in [6.07, 6.45) is -4.59. The molecule has 2 aromatic rings. The molecule has 0 aromatic heterocycles. The normalized spacial score (nSPS) is 11.7. The van der Waals surface area contributed by atoms with Gasteiger partial charge in [-0.2, -0.15) is 13.2 Å². The van der Waals surface area contributed by atoms with Gasteiger partial charge in [-0.3, -0.25) is 9.52 Å². The van der Waals surface area contributed by atoms with Crippen LogP contribution < -0.4 is 14.8 Å². The van der Waals surface area contributed by atoms with Crippen LogP contribution in [0.3, 0.4) is 0 Å². The average Bonchev–Trinajstić information content (AvgIpc) is 2.59. The van der Waals surface area contributed by atoms with E-state index in [1.807, 2.05) is 0 Å². The number of carbonyl (C=O) groups excluding carboxylic acids is 1. The molecule has 2 N–H and O–H groups in total. The van der Waals surface area contributed by atoms with Gasteiger partial charge in [0, 0.05) is 4.47 Å². The maximum Gasteiger partial charge on any atom is 0.405 e. The Morgan fingerprint density at radius 3 is 2.48 bits per heavy atom. The van der Waals surface area contributed by atoms with E-state index in [2.05, 4.69) is 20.7 Å². The average molecular weight is 467 g/mol. The highest BCUT2D eigenvalue weighted by molar-refractivity contribution is 9.10. The van der Waals surface area contributed by atoms with Crippen LogP contribution in [-0.4, -0.2) is 34.2 Å². The number of hydrogen-bond donors (Lipinski definition) is 2. The first-order valence-corrected chi connectivity index (χ1v) is 9.61. The van der Waals surface area contributed by atoms with Crippen LogP contribution in [0, 0.1) is 0 Å². The fourth-order valence-corrected chi connectivity index (χ4v) is 3.89. The molecular formula is C16H14BrF3N2O4S. The smallest absolute Gasteiger partial charge is 0.405 e. The number of anilines is 1. The van der Waals surface area contributed by atoms with Crippen LogP contribution >= 0.6 is 15.9 Å². The van der Waals surface area contributed by atoms with E-state index in [1.165, 1.54) is 43.5 Å². The first-order chi connectivity index (χ1) is 12.5. The van der Waals surface area contributed by atoms with Gasteiger partial charge in [-0.25, -0.2) is 8.42 Å². The Morgan fingerprint density at radius 1 is 1.19 bits per heavy atom. The first kappa shape index (κ1) is 21.0. The lowest BCUT2D eigenvalue weighted by atomic mass is 10.1. The second-order valence-electron chi connectivity index (χ2n) is 5.24. The molecule has 6 nitrogen and oxygen atoms in total. The number of nitrogens with one attached hydrogen (secondary N) is 2. The Morgan fingerprint density at radius 2 is 1.85 bits per heavy atom. The predicted octanol–water partition coefficient (Wildman–Crippen LogP) is 3.55. The molecule has 0 atom stereocenters. The zero-order valence-electron chi connectivity index (χ0n) is 13.8. The molecular weight excluding hydrogens is 453 g/mol. The van der Waals surface area contributed by atoms with Crippen molar-refractivity contribution in [2.45, 2.75) is 11.1 Å². The zero-order valence-corrected chi connectivity index (χ0v) is 16.2. The van der Waals surface area contributed by atoms with E-state index in [0.717, 1.165) is 0 Å². The van der Waals surface area contributed by atoms with Gasteiger partial charge in [-0.05, 0) is 30.3 Å². The molecule has 2 rings (SSSR count). The van der Waals surface area contributed by atoms with Crippen molar-refractivity contribution in [1.29, 1.82) is 0 Å². The van der Waals surface area contributed by atoms with Gasteiger partial charge in [0.15, 0.2) is 0 Å². The van der Waals surface area contributed by atoms with E-state index in [0.29, 0.717) is 4.47 Å². The van der Waals surface area contributed by atoms with Crippen LogP contribution in [0.1, 0.15) is 10.4 Å². The van der Waals surface area contributed by atoms with Crippen molar-refractivity contribution < 1.29 is 31.1 Å². The van der Waals surface area contributed by atoms with Crippen LogP contribution in [0.15, 0.2) is 51.8 Å². The Labute approximate surface area is 161 Å². The topological polar surface area (TPSA) is 84.5 Å². The molecule has 0 heterocycles. The van der Waals surface area contributed by atoms with Crippen molar-refractivity contribution in [1.82, 2.24) is 5.32 Å². The predicted molar refractivity (Wildman–Crippen MR) is 96.3 cm³/mol. The van der Waals surface area contributed by atoms with Gasteiger partial charge in [0.25, 0.3) is 15.9 Å². The molecule has 0 saturated heterocycles. The largest absolute Gasteiger partial charge is 0.495 e. The van der Waals surface area contributed by atoms with Gasteiger partial charge >= 0.3 is 6.18 Å². The molecule has 11 heteroatoms. The number of rotatable bonds is 6. The lowest BCUT2D eigenvalue weighted by Crippen LogP contribution is -2.34. The number of alkyl halides is 3. The summed E-state index contributed by atoms with van der Waals surface area (Å²) in [5, 5.41) is 1.71. The summed E-state index contributed by atoms with van der Waals surface area (Å²) < 4.78 is 70.0. The van der Waals surface area contributed by atoms with Gasteiger partial charge in [-0.1, -0.05) is 28.1 Å². The molecule has 146 valence electrons.